The number of ether oxygens (including phenoxy) is 2. The van der Waals surface area contributed by atoms with Crippen molar-refractivity contribution in [3.05, 3.63) is 65.9 Å². The third-order valence-electron chi connectivity index (χ3n) is 6.19. The van der Waals surface area contributed by atoms with E-state index in [1.807, 2.05) is 96.5 Å². The molecule has 2 heterocycles. The van der Waals surface area contributed by atoms with E-state index in [0.29, 0.717) is 29.8 Å². The monoisotopic (exact) mass is 592 g/mol. The van der Waals surface area contributed by atoms with Crippen LogP contribution in [-0.2, 0) is 16.0 Å². The number of nitrogens with one attached hydrogen (secondary N) is 3. The van der Waals surface area contributed by atoms with Crippen molar-refractivity contribution in [1.82, 2.24) is 15.3 Å². The van der Waals surface area contributed by atoms with Crippen LogP contribution in [0.1, 0.15) is 65.1 Å². The molecule has 0 bridgehead atoms. The standard InChI is InChI=1S/C31H40N6O4S/c1-30(2,3)40-28(38)35-22-12-10-11-21(17-22)34-26-20(19-33-27(36-26)42-7)18-32-24-15-16-37(29(39)41-31(4,5)6)25-14-9-8-13-23(24)25/h8-14,17,19,24,32H,15-16,18H2,1-7H3,(H,35,38)(H,33,34,36). The molecule has 10 nitrogen and oxygen atoms in total. The Labute approximate surface area is 252 Å². The van der Waals surface area contributed by atoms with Gasteiger partial charge in [-0.05, 0) is 84.0 Å². The summed E-state index contributed by atoms with van der Waals surface area (Å²) < 4.78 is 11.0. The Morgan fingerprint density at radius 2 is 1.71 bits per heavy atom. The molecular weight excluding hydrogens is 552 g/mol. The largest absolute Gasteiger partial charge is 0.444 e. The number of hydrogen-bond acceptors (Lipinski definition) is 9. The number of anilines is 4. The second kappa shape index (κ2) is 13.0. The fourth-order valence-electron chi connectivity index (χ4n) is 4.47. The number of amides is 2. The molecule has 0 saturated heterocycles. The summed E-state index contributed by atoms with van der Waals surface area (Å²) in [5, 5.41) is 10.5. The van der Waals surface area contributed by atoms with E-state index < -0.39 is 17.3 Å². The molecule has 1 aliphatic rings. The summed E-state index contributed by atoms with van der Waals surface area (Å²) in [5.41, 5.74) is 2.95. The van der Waals surface area contributed by atoms with Gasteiger partial charge in [-0.2, -0.15) is 0 Å². The van der Waals surface area contributed by atoms with Crippen LogP contribution in [0.4, 0.5) is 32.5 Å². The molecule has 1 atom stereocenters. The summed E-state index contributed by atoms with van der Waals surface area (Å²) in [5.74, 6) is 0.663. The number of carbonyl (C=O) groups excluding carboxylic acids is 2. The van der Waals surface area contributed by atoms with Crippen LogP contribution >= 0.6 is 11.8 Å². The summed E-state index contributed by atoms with van der Waals surface area (Å²) in [7, 11) is 0. The topological polar surface area (TPSA) is 118 Å². The third-order valence-corrected chi connectivity index (χ3v) is 6.75. The van der Waals surface area contributed by atoms with Crippen molar-refractivity contribution in [3.63, 3.8) is 0 Å². The van der Waals surface area contributed by atoms with Crippen LogP contribution < -0.4 is 20.9 Å². The molecule has 4 rings (SSSR count). The smallest absolute Gasteiger partial charge is 0.414 e. The van der Waals surface area contributed by atoms with E-state index in [9.17, 15) is 9.59 Å². The number of aromatic nitrogens is 2. The Kier molecular flexibility index (Phi) is 9.63. The van der Waals surface area contributed by atoms with Crippen LogP contribution in [0, 0.1) is 0 Å². The van der Waals surface area contributed by atoms with Crippen molar-refractivity contribution >= 4 is 46.8 Å². The first kappa shape index (κ1) is 31.1. The van der Waals surface area contributed by atoms with Gasteiger partial charge in [0.05, 0.1) is 5.69 Å². The number of rotatable bonds is 7. The maximum Gasteiger partial charge on any atom is 0.414 e. The Bertz CT molecular complexity index is 1420. The molecule has 0 aliphatic carbocycles. The van der Waals surface area contributed by atoms with Crippen LogP contribution in [0.2, 0.25) is 0 Å². The lowest BCUT2D eigenvalue weighted by molar-refractivity contribution is 0.0574. The Morgan fingerprint density at radius 3 is 2.43 bits per heavy atom. The summed E-state index contributed by atoms with van der Waals surface area (Å²) in [6, 6.07) is 15.3. The molecule has 0 fully saturated rings. The van der Waals surface area contributed by atoms with Crippen LogP contribution in [-0.4, -0.2) is 46.2 Å². The molecule has 2 amide bonds. The molecule has 0 radical (unpaired) electrons. The van der Waals surface area contributed by atoms with Gasteiger partial charge in [-0.15, -0.1) is 0 Å². The predicted molar refractivity (Wildman–Crippen MR) is 168 cm³/mol. The number of fused-ring (bicyclic) bond motifs is 1. The van der Waals surface area contributed by atoms with Gasteiger partial charge in [0.2, 0.25) is 0 Å². The van der Waals surface area contributed by atoms with E-state index in [2.05, 4.69) is 20.9 Å². The maximum atomic E-state index is 12.9. The second-order valence-electron chi connectivity index (χ2n) is 12.0. The molecule has 1 aliphatic heterocycles. The van der Waals surface area contributed by atoms with Crippen molar-refractivity contribution in [1.29, 1.82) is 0 Å². The van der Waals surface area contributed by atoms with E-state index in [1.54, 1.807) is 11.0 Å². The maximum absolute atomic E-state index is 12.9. The minimum Gasteiger partial charge on any atom is -0.444 e. The Balaban J connectivity index is 1.50. The zero-order chi connectivity index (χ0) is 30.5. The highest BCUT2D eigenvalue weighted by Gasteiger charge is 2.31. The normalized spacial score (nSPS) is 15.0. The SMILES string of the molecule is CSc1ncc(CNC2CCN(C(=O)OC(C)(C)C)c3ccccc32)c(Nc2cccc(NC(=O)OC(C)(C)C)c2)n1. The minimum atomic E-state index is -0.593. The van der Waals surface area contributed by atoms with Gasteiger partial charge >= 0.3 is 12.2 Å². The van der Waals surface area contributed by atoms with Crippen molar-refractivity contribution < 1.29 is 19.1 Å². The number of carbonyl (C=O) groups is 2. The summed E-state index contributed by atoms with van der Waals surface area (Å²) in [6.07, 6.45) is 3.61. The van der Waals surface area contributed by atoms with Crippen molar-refractivity contribution in [2.24, 2.45) is 0 Å². The van der Waals surface area contributed by atoms with Crippen LogP contribution in [0.3, 0.4) is 0 Å². The predicted octanol–water partition coefficient (Wildman–Crippen LogP) is 7.27. The van der Waals surface area contributed by atoms with Crippen molar-refractivity contribution in [2.45, 2.75) is 76.9 Å². The first-order valence-corrected chi connectivity index (χ1v) is 15.1. The van der Waals surface area contributed by atoms with Crippen molar-refractivity contribution in [2.75, 3.05) is 28.3 Å². The van der Waals surface area contributed by atoms with E-state index in [-0.39, 0.29) is 12.1 Å². The van der Waals surface area contributed by atoms with Gasteiger partial charge in [0.15, 0.2) is 5.16 Å². The number of benzene rings is 2. The zero-order valence-electron chi connectivity index (χ0n) is 25.3. The zero-order valence-corrected chi connectivity index (χ0v) is 26.1. The quantitative estimate of drug-likeness (QED) is 0.192. The molecule has 2 aromatic carbocycles. The average Bonchev–Trinajstić information content (AvgIpc) is 2.90. The number of thioether (sulfide) groups is 1. The lowest BCUT2D eigenvalue weighted by Crippen LogP contribution is -2.42. The molecule has 3 N–H and O–H groups in total. The summed E-state index contributed by atoms with van der Waals surface area (Å²) in [6.45, 7) is 12.1. The van der Waals surface area contributed by atoms with E-state index >= 15 is 0 Å². The fraction of sp³-hybridized carbons (Fsp3) is 0.419. The molecule has 0 saturated carbocycles. The van der Waals surface area contributed by atoms with Gasteiger partial charge < -0.3 is 20.1 Å². The van der Waals surface area contributed by atoms with Crippen LogP contribution in [0.15, 0.2) is 59.9 Å². The van der Waals surface area contributed by atoms with Gasteiger partial charge in [0.25, 0.3) is 0 Å². The molecular formula is C31H40N6O4S. The lowest BCUT2D eigenvalue weighted by Gasteiger charge is -2.35. The summed E-state index contributed by atoms with van der Waals surface area (Å²) in [4.78, 5) is 36.1. The Morgan fingerprint density at radius 1 is 1.00 bits per heavy atom. The van der Waals surface area contributed by atoms with E-state index in [1.165, 1.54) is 11.8 Å². The summed E-state index contributed by atoms with van der Waals surface area (Å²) >= 11 is 1.46. The molecule has 224 valence electrons. The van der Waals surface area contributed by atoms with Gasteiger partial charge in [0, 0.05) is 42.3 Å². The van der Waals surface area contributed by atoms with E-state index in [0.717, 1.165) is 28.9 Å². The highest BCUT2D eigenvalue weighted by atomic mass is 32.2. The van der Waals surface area contributed by atoms with Crippen LogP contribution in [0.5, 0.6) is 0 Å². The molecule has 0 spiro atoms. The molecule has 3 aromatic rings. The van der Waals surface area contributed by atoms with Gasteiger partial charge in [-0.1, -0.05) is 36.0 Å². The minimum absolute atomic E-state index is 0.0225. The number of hydrogen-bond donors (Lipinski definition) is 3. The second-order valence-corrected chi connectivity index (χ2v) is 12.7. The van der Waals surface area contributed by atoms with Gasteiger partial charge in [0.1, 0.15) is 17.0 Å². The third kappa shape index (κ3) is 8.59. The van der Waals surface area contributed by atoms with Gasteiger partial charge in [-0.25, -0.2) is 19.6 Å². The first-order chi connectivity index (χ1) is 19.8. The highest BCUT2D eigenvalue weighted by molar-refractivity contribution is 7.98. The molecule has 1 aromatic heterocycles. The fourth-order valence-corrected chi connectivity index (χ4v) is 4.81. The van der Waals surface area contributed by atoms with Crippen molar-refractivity contribution in [3.8, 4) is 0 Å². The Hall–Kier alpha value is -3.83. The first-order valence-electron chi connectivity index (χ1n) is 13.9. The molecule has 42 heavy (non-hydrogen) atoms. The number of para-hydroxylation sites is 1. The van der Waals surface area contributed by atoms with Gasteiger partial charge in [-0.3, -0.25) is 10.2 Å². The highest BCUT2D eigenvalue weighted by Crippen LogP contribution is 2.35. The molecule has 1 unspecified atom stereocenters. The molecule has 11 heteroatoms. The number of nitrogens with zero attached hydrogens (tertiary/aromatic N) is 3. The average molecular weight is 593 g/mol. The van der Waals surface area contributed by atoms with E-state index in [4.69, 9.17) is 14.5 Å². The lowest BCUT2D eigenvalue weighted by atomic mass is 9.96. The van der Waals surface area contributed by atoms with Crippen LogP contribution in [0.25, 0.3) is 0 Å².